The highest BCUT2D eigenvalue weighted by Crippen LogP contribution is 2.34. The molecule has 2 N–H and O–H groups in total. The lowest BCUT2D eigenvalue weighted by molar-refractivity contribution is 0.0861. The summed E-state index contributed by atoms with van der Waals surface area (Å²) < 4.78 is 5.43. The van der Waals surface area contributed by atoms with Gasteiger partial charge < -0.3 is 14.8 Å². The second kappa shape index (κ2) is 7.85. The molecule has 3 rings (SSSR count). The van der Waals surface area contributed by atoms with Gasteiger partial charge in [-0.3, -0.25) is 9.69 Å². The Labute approximate surface area is 148 Å². The Bertz CT molecular complexity index is 711. The number of aliphatic hydroxyl groups is 1. The summed E-state index contributed by atoms with van der Waals surface area (Å²) in [6.07, 6.45) is 2.22. The maximum absolute atomic E-state index is 12.5. The number of carbonyl (C=O) groups excluding carboxylic acids is 1. The zero-order valence-corrected chi connectivity index (χ0v) is 14.9. The zero-order chi connectivity index (χ0) is 17.8. The Hall–Kier alpha value is -2.11. The van der Waals surface area contributed by atoms with Crippen molar-refractivity contribution in [1.29, 1.82) is 0 Å². The largest absolute Gasteiger partial charge is 0.453 e. The van der Waals surface area contributed by atoms with Gasteiger partial charge in [-0.25, -0.2) is 0 Å². The molecule has 134 valence electrons. The van der Waals surface area contributed by atoms with Crippen LogP contribution in [0.15, 0.2) is 40.8 Å². The Morgan fingerprint density at radius 3 is 2.80 bits per heavy atom. The van der Waals surface area contributed by atoms with Gasteiger partial charge in [-0.1, -0.05) is 30.3 Å². The van der Waals surface area contributed by atoms with Crippen LogP contribution in [0.1, 0.15) is 46.3 Å². The van der Waals surface area contributed by atoms with Crippen molar-refractivity contribution in [3.05, 3.63) is 59.0 Å². The van der Waals surface area contributed by atoms with Crippen molar-refractivity contribution < 1.29 is 14.3 Å². The predicted molar refractivity (Wildman–Crippen MR) is 96.2 cm³/mol. The highest BCUT2D eigenvalue weighted by molar-refractivity contribution is 5.92. The van der Waals surface area contributed by atoms with Crippen molar-refractivity contribution in [3.8, 4) is 0 Å². The van der Waals surface area contributed by atoms with Gasteiger partial charge in [0, 0.05) is 18.2 Å². The summed E-state index contributed by atoms with van der Waals surface area (Å²) in [5, 5.41) is 12.2. The van der Waals surface area contributed by atoms with Gasteiger partial charge >= 0.3 is 0 Å². The van der Waals surface area contributed by atoms with Crippen LogP contribution >= 0.6 is 0 Å². The van der Waals surface area contributed by atoms with Crippen LogP contribution in [-0.2, 0) is 6.61 Å². The number of furan rings is 1. The Morgan fingerprint density at radius 1 is 1.36 bits per heavy atom. The molecule has 1 saturated heterocycles. The molecule has 2 heterocycles. The smallest absolute Gasteiger partial charge is 0.287 e. The van der Waals surface area contributed by atoms with Gasteiger partial charge in [0.1, 0.15) is 12.4 Å². The molecule has 1 fully saturated rings. The van der Waals surface area contributed by atoms with Crippen LogP contribution in [-0.4, -0.2) is 36.1 Å². The SMILES string of the molecule is Cc1cc(CO)oc1C(=O)NC[C@H]1CCCN(C)[C@@H]1c1ccccc1. The van der Waals surface area contributed by atoms with Gasteiger partial charge in [0.25, 0.3) is 5.91 Å². The number of carbonyl (C=O) groups is 1. The van der Waals surface area contributed by atoms with Gasteiger partial charge in [-0.2, -0.15) is 0 Å². The summed E-state index contributed by atoms with van der Waals surface area (Å²) in [6, 6.07) is 12.5. The van der Waals surface area contributed by atoms with E-state index in [9.17, 15) is 4.79 Å². The fourth-order valence-electron chi connectivity index (χ4n) is 3.81. The number of nitrogens with zero attached hydrogens (tertiary/aromatic N) is 1. The molecule has 1 amide bonds. The molecule has 2 aromatic rings. The first kappa shape index (κ1) is 17.7. The molecule has 1 aliphatic heterocycles. The first-order valence-corrected chi connectivity index (χ1v) is 8.83. The standard InChI is InChI=1S/C20H26N2O3/c1-14-11-17(13-23)25-19(14)20(24)21-12-16-9-6-10-22(2)18(16)15-7-4-3-5-8-15/h3-5,7-8,11,16,18,23H,6,9-10,12-13H2,1-2H3,(H,21,24)/t16-,18-/m1/s1. The lowest BCUT2D eigenvalue weighted by Gasteiger charge is -2.39. The average molecular weight is 342 g/mol. The Morgan fingerprint density at radius 2 is 2.12 bits per heavy atom. The van der Waals surface area contributed by atoms with E-state index in [0.717, 1.165) is 24.9 Å². The minimum atomic E-state index is -0.211. The van der Waals surface area contributed by atoms with Crippen LogP contribution in [0.3, 0.4) is 0 Å². The molecule has 5 heteroatoms. The molecule has 0 aliphatic carbocycles. The molecule has 2 atom stereocenters. The van der Waals surface area contributed by atoms with Crippen LogP contribution < -0.4 is 5.32 Å². The highest BCUT2D eigenvalue weighted by Gasteiger charge is 2.31. The van der Waals surface area contributed by atoms with Crippen molar-refractivity contribution >= 4 is 5.91 Å². The monoisotopic (exact) mass is 342 g/mol. The third kappa shape index (κ3) is 3.94. The van der Waals surface area contributed by atoms with Crippen molar-refractivity contribution in [2.24, 2.45) is 5.92 Å². The molecular formula is C20H26N2O3. The van der Waals surface area contributed by atoms with Crippen LogP contribution in [0.4, 0.5) is 0 Å². The summed E-state index contributed by atoms with van der Waals surface area (Å²) in [6.45, 7) is 3.30. The lowest BCUT2D eigenvalue weighted by Crippen LogP contribution is -2.41. The van der Waals surface area contributed by atoms with Gasteiger partial charge in [0.05, 0.1) is 0 Å². The summed E-state index contributed by atoms with van der Waals surface area (Å²) in [7, 11) is 2.15. The average Bonchev–Trinajstić information content (AvgIpc) is 3.01. The minimum absolute atomic E-state index is 0.197. The van der Waals surface area contributed by atoms with E-state index < -0.39 is 0 Å². The second-order valence-electron chi connectivity index (χ2n) is 6.83. The number of rotatable bonds is 5. The topological polar surface area (TPSA) is 65.7 Å². The molecule has 0 spiro atoms. The van der Waals surface area contributed by atoms with E-state index >= 15 is 0 Å². The third-order valence-corrected chi connectivity index (χ3v) is 5.00. The molecular weight excluding hydrogens is 316 g/mol. The Balaban J connectivity index is 1.69. The number of aliphatic hydroxyl groups excluding tert-OH is 1. The molecule has 1 aromatic heterocycles. The molecule has 0 radical (unpaired) electrons. The third-order valence-electron chi connectivity index (χ3n) is 5.00. The first-order chi connectivity index (χ1) is 12.1. The second-order valence-corrected chi connectivity index (χ2v) is 6.83. The summed E-state index contributed by atoms with van der Waals surface area (Å²) >= 11 is 0. The van der Waals surface area contributed by atoms with Crippen LogP contribution in [0.2, 0.25) is 0 Å². The number of piperidine rings is 1. The summed E-state index contributed by atoms with van der Waals surface area (Å²) in [4.78, 5) is 14.8. The van der Waals surface area contributed by atoms with Crippen LogP contribution in [0.5, 0.6) is 0 Å². The molecule has 0 unspecified atom stereocenters. The highest BCUT2D eigenvalue weighted by atomic mass is 16.4. The number of benzene rings is 1. The summed E-state index contributed by atoms with van der Waals surface area (Å²) in [5.74, 6) is 0.863. The van der Waals surface area contributed by atoms with E-state index in [0.29, 0.717) is 30.0 Å². The maximum atomic E-state index is 12.5. The van der Waals surface area contributed by atoms with E-state index in [-0.39, 0.29) is 12.5 Å². The fourth-order valence-corrected chi connectivity index (χ4v) is 3.81. The molecule has 1 aliphatic rings. The van der Waals surface area contributed by atoms with Crippen molar-refractivity contribution in [2.45, 2.75) is 32.4 Å². The van der Waals surface area contributed by atoms with Crippen molar-refractivity contribution in [2.75, 3.05) is 20.1 Å². The number of hydrogen-bond acceptors (Lipinski definition) is 4. The predicted octanol–water partition coefficient (Wildman–Crippen LogP) is 2.89. The van der Waals surface area contributed by atoms with E-state index in [4.69, 9.17) is 9.52 Å². The van der Waals surface area contributed by atoms with E-state index in [2.05, 4.69) is 41.5 Å². The fraction of sp³-hybridized carbons (Fsp3) is 0.450. The quantitative estimate of drug-likeness (QED) is 0.877. The normalized spacial score (nSPS) is 21.2. The molecule has 25 heavy (non-hydrogen) atoms. The first-order valence-electron chi connectivity index (χ1n) is 8.83. The van der Waals surface area contributed by atoms with Gasteiger partial charge in [0.15, 0.2) is 5.76 Å². The number of likely N-dealkylation sites (tertiary alicyclic amines) is 1. The zero-order valence-electron chi connectivity index (χ0n) is 14.9. The molecule has 5 nitrogen and oxygen atoms in total. The van der Waals surface area contributed by atoms with E-state index in [1.165, 1.54) is 5.56 Å². The number of hydrogen-bond donors (Lipinski definition) is 2. The van der Waals surface area contributed by atoms with Crippen molar-refractivity contribution in [3.63, 3.8) is 0 Å². The molecule has 1 aromatic carbocycles. The number of nitrogens with one attached hydrogen (secondary N) is 1. The van der Waals surface area contributed by atoms with Gasteiger partial charge in [0.2, 0.25) is 0 Å². The lowest BCUT2D eigenvalue weighted by atomic mass is 9.85. The minimum Gasteiger partial charge on any atom is -0.453 e. The molecule has 0 bridgehead atoms. The number of amides is 1. The van der Waals surface area contributed by atoms with E-state index in [1.54, 1.807) is 6.07 Å². The van der Waals surface area contributed by atoms with Gasteiger partial charge in [-0.15, -0.1) is 0 Å². The molecule has 0 saturated carbocycles. The maximum Gasteiger partial charge on any atom is 0.287 e. The Kier molecular flexibility index (Phi) is 5.56. The van der Waals surface area contributed by atoms with E-state index in [1.807, 2.05) is 13.0 Å². The summed E-state index contributed by atoms with van der Waals surface area (Å²) in [5.41, 5.74) is 2.04. The van der Waals surface area contributed by atoms with Crippen LogP contribution in [0, 0.1) is 12.8 Å². The van der Waals surface area contributed by atoms with Crippen LogP contribution in [0.25, 0.3) is 0 Å². The van der Waals surface area contributed by atoms with Gasteiger partial charge in [-0.05, 0) is 50.9 Å². The number of aryl methyl sites for hydroxylation is 1. The van der Waals surface area contributed by atoms with Crippen molar-refractivity contribution in [1.82, 2.24) is 10.2 Å².